The minimum atomic E-state index is 0.813. The Bertz CT molecular complexity index is 840. The van der Waals surface area contributed by atoms with Crippen LogP contribution in [-0.4, -0.2) is 33.0 Å². The summed E-state index contributed by atoms with van der Waals surface area (Å²) >= 11 is 0. The Morgan fingerprint density at radius 3 is 2.36 bits per heavy atom. The molecule has 4 rings (SSSR count). The molecule has 3 aromatic heterocycles. The number of pyridine rings is 2. The maximum absolute atomic E-state index is 4.93. The molecule has 0 bridgehead atoms. The van der Waals surface area contributed by atoms with E-state index in [2.05, 4.69) is 25.9 Å². The van der Waals surface area contributed by atoms with Crippen molar-refractivity contribution in [1.82, 2.24) is 19.9 Å². The van der Waals surface area contributed by atoms with Crippen LogP contribution in [-0.2, 0) is 0 Å². The number of hydrogen-bond donors (Lipinski definition) is 0. The molecule has 0 N–H and O–H groups in total. The molecule has 0 saturated carbocycles. The third kappa shape index (κ3) is 3.36. The number of aryl methyl sites for hydroxylation is 1. The van der Waals surface area contributed by atoms with Crippen molar-refractivity contribution in [3.8, 4) is 22.4 Å². The maximum atomic E-state index is 4.93. The van der Waals surface area contributed by atoms with Gasteiger partial charge < -0.3 is 4.90 Å². The fourth-order valence-electron chi connectivity index (χ4n) is 3.19. The number of aromatic nitrogens is 4. The summed E-state index contributed by atoms with van der Waals surface area (Å²) in [6.07, 6.45) is 11.1. The van der Waals surface area contributed by atoms with Crippen LogP contribution in [0, 0.1) is 6.92 Å². The van der Waals surface area contributed by atoms with Crippen molar-refractivity contribution < 1.29 is 0 Å². The summed E-state index contributed by atoms with van der Waals surface area (Å²) in [6.45, 7) is 4.05. The molecule has 5 heteroatoms. The van der Waals surface area contributed by atoms with Crippen LogP contribution in [0.15, 0.2) is 49.1 Å². The fourth-order valence-corrected chi connectivity index (χ4v) is 3.19. The van der Waals surface area contributed by atoms with E-state index >= 15 is 0 Å². The van der Waals surface area contributed by atoms with E-state index in [1.54, 1.807) is 12.4 Å². The Labute approximate surface area is 147 Å². The average molecular weight is 331 g/mol. The summed E-state index contributed by atoms with van der Waals surface area (Å²) < 4.78 is 0. The Morgan fingerprint density at radius 2 is 1.64 bits per heavy atom. The van der Waals surface area contributed by atoms with Gasteiger partial charge in [0.1, 0.15) is 0 Å². The number of anilines is 1. The SMILES string of the molecule is Cc1ccc(-c2nc(N3CCCCC3)ncc2-c2ccncc2)cn1. The molecule has 0 amide bonds. The van der Waals surface area contributed by atoms with Crippen molar-refractivity contribution in [1.29, 1.82) is 0 Å². The molecule has 25 heavy (non-hydrogen) atoms. The Morgan fingerprint density at radius 1 is 0.840 bits per heavy atom. The van der Waals surface area contributed by atoms with Crippen LogP contribution in [0.5, 0.6) is 0 Å². The molecule has 5 nitrogen and oxygen atoms in total. The van der Waals surface area contributed by atoms with E-state index in [0.717, 1.165) is 47.1 Å². The van der Waals surface area contributed by atoms with Crippen molar-refractivity contribution in [3.05, 3.63) is 54.7 Å². The molecule has 0 aromatic carbocycles. The topological polar surface area (TPSA) is 54.8 Å². The predicted octanol–water partition coefficient (Wildman–Crippen LogP) is 3.90. The van der Waals surface area contributed by atoms with E-state index in [0.29, 0.717) is 0 Å². The fraction of sp³-hybridized carbons (Fsp3) is 0.300. The molecule has 1 fully saturated rings. The lowest BCUT2D eigenvalue weighted by Gasteiger charge is -2.27. The summed E-state index contributed by atoms with van der Waals surface area (Å²) in [7, 11) is 0. The quantitative estimate of drug-likeness (QED) is 0.728. The molecule has 0 unspecified atom stereocenters. The number of piperidine rings is 1. The van der Waals surface area contributed by atoms with Crippen molar-refractivity contribution in [3.63, 3.8) is 0 Å². The summed E-state index contributed by atoms with van der Waals surface area (Å²) in [5, 5.41) is 0. The lowest BCUT2D eigenvalue weighted by Crippen LogP contribution is -2.31. The van der Waals surface area contributed by atoms with Crippen molar-refractivity contribution in [2.24, 2.45) is 0 Å². The van der Waals surface area contributed by atoms with Gasteiger partial charge in [-0.05, 0) is 56.0 Å². The molecule has 4 heterocycles. The van der Waals surface area contributed by atoms with E-state index in [4.69, 9.17) is 4.98 Å². The van der Waals surface area contributed by atoms with Gasteiger partial charge in [0, 0.05) is 54.7 Å². The maximum Gasteiger partial charge on any atom is 0.225 e. The molecule has 0 spiro atoms. The minimum absolute atomic E-state index is 0.813. The van der Waals surface area contributed by atoms with Crippen LogP contribution in [0.3, 0.4) is 0 Å². The normalized spacial score (nSPS) is 14.5. The zero-order valence-electron chi connectivity index (χ0n) is 14.4. The van der Waals surface area contributed by atoms with Crippen LogP contribution in [0.25, 0.3) is 22.4 Å². The number of rotatable bonds is 3. The van der Waals surface area contributed by atoms with Gasteiger partial charge in [-0.2, -0.15) is 0 Å². The highest BCUT2D eigenvalue weighted by atomic mass is 15.2. The Kier molecular flexibility index (Phi) is 4.37. The van der Waals surface area contributed by atoms with Crippen molar-refractivity contribution in [2.45, 2.75) is 26.2 Å². The van der Waals surface area contributed by atoms with Gasteiger partial charge in [0.25, 0.3) is 0 Å². The molecule has 1 aliphatic rings. The molecule has 3 aromatic rings. The zero-order valence-corrected chi connectivity index (χ0v) is 14.4. The molecular weight excluding hydrogens is 310 g/mol. The summed E-state index contributed by atoms with van der Waals surface area (Å²) in [5.41, 5.74) is 5.01. The summed E-state index contributed by atoms with van der Waals surface area (Å²) in [6, 6.07) is 8.08. The van der Waals surface area contributed by atoms with E-state index in [-0.39, 0.29) is 0 Å². The van der Waals surface area contributed by atoms with Crippen LogP contribution >= 0.6 is 0 Å². The first-order valence-electron chi connectivity index (χ1n) is 8.77. The lowest BCUT2D eigenvalue weighted by molar-refractivity contribution is 0.568. The summed E-state index contributed by atoms with van der Waals surface area (Å²) in [4.78, 5) is 20.4. The molecule has 126 valence electrons. The van der Waals surface area contributed by atoms with E-state index in [1.165, 1.54) is 19.3 Å². The number of nitrogens with zero attached hydrogens (tertiary/aromatic N) is 5. The van der Waals surface area contributed by atoms with Gasteiger partial charge in [0.15, 0.2) is 0 Å². The first-order chi connectivity index (χ1) is 12.3. The van der Waals surface area contributed by atoms with Gasteiger partial charge in [-0.25, -0.2) is 9.97 Å². The van der Waals surface area contributed by atoms with E-state index in [1.807, 2.05) is 37.5 Å². The van der Waals surface area contributed by atoms with Gasteiger partial charge in [0.2, 0.25) is 5.95 Å². The predicted molar refractivity (Wildman–Crippen MR) is 99.3 cm³/mol. The van der Waals surface area contributed by atoms with Crippen LogP contribution in [0.2, 0.25) is 0 Å². The average Bonchev–Trinajstić information content (AvgIpc) is 2.69. The van der Waals surface area contributed by atoms with E-state index < -0.39 is 0 Å². The summed E-state index contributed by atoms with van der Waals surface area (Å²) in [5.74, 6) is 0.813. The molecule has 0 atom stereocenters. The highest BCUT2D eigenvalue weighted by Gasteiger charge is 2.17. The molecular formula is C20H21N5. The van der Waals surface area contributed by atoms with Crippen molar-refractivity contribution >= 4 is 5.95 Å². The van der Waals surface area contributed by atoms with Gasteiger partial charge in [-0.1, -0.05) is 0 Å². The van der Waals surface area contributed by atoms with Crippen LogP contribution in [0.1, 0.15) is 25.0 Å². The molecule has 0 radical (unpaired) electrons. The highest BCUT2D eigenvalue weighted by molar-refractivity contribution is 5.80. The molecule has 0 aliphatic carbocycles. The first kappa shape index (κ1) is 15.7. The van der Waals surface area contributed by atoms with Gasteiger partial charge in [0.05, 0.1) is 5.69 Å². The molecule has 1 aliphatic heterocycles. The second kappa shape index (κ2) is 6.97. The Balaban J connectivity index is 1.82. The smallest absolute Gasteiger partial charge is 0.225 e. The second-order valence-corrected chi connectivity index (χ2v) is 6.40. The second-order valence-electron chi connectivity index (χ2n) is 6.40. The zero-order chi connectivity index (χ0) is 17.1. The minimum Gasteiger partial charge on any atom is -0.341 e. The molecule has 1 saturated heterocycles. The third-order valence-corrected chi connectivity index (χ3v) is 4.59. The van der Waals surface area contributed by atoms with E-state index in [9.17, 15) is 0 Å². The van der Waals surface area contributed by atoms with Crippen LogP contribution < -0.4 is 4.90 Å². The van der Waals surface area contributed by atoms with Gasteiger partial charge in [-0.3, -0.25) is 9.97 Å². The monoisotopic (exact) mass is 331 g/mol. The lowest BCUT2D eigenvalue weighted by atomic mass is 10.0. The largest absolute Gasteiger partial charge is 0.341 e. The highest BCUT2D eigenvalue weighted by Crippen LogP contribution is 2.31. The van der Waals surface area contributed by atoms with Gasteiger partial charge in [-0.15, -0.1) is 0 Å². The number of hydrogen-bond acceptors (Lipinski definition) is 5. The third-order valence-electron chi connectivity index (χ3n) is 4.59. The Hall–Kier alpha value is -2.82. The van der Waals surface area contributed by atoms with Crippen LogP contribution in [0.4, 0.5) is 5.95 Å². The van der Waals surface area contributed by atoms with Crippen molar-refractivity contribution in [2.75, 3.05) is 18.0 Å². The van der Waals surface area contributed by atoms with Gasteiger partial charge >= 0.3 is 0 Å². The first-order valence-corrected chi connectivity index (χ1v) is 8.77. The standard InChI is InChI=1S/C20H21N5/c1-15-5-6-17(13-22-15)19-18(16-7-9-21-10-8-16)14-23-20(24-19)25-11-3-2-4-12-25/h5-10,13-14H,2-4,11-12H2,1H3.